The number of hydrogen-bond donors (Lipinski definition) is 2. The van der Waals surface area contributed by atoms with E-state index in [0.717, 1.165) is 19.4 Å². The van der Waals surface area contributed by atoms with Crippen LogP contribution >= 0.6 is 11.8 Å². The van der Waals surface area contributed by atoms with E-state index in [9.17, 15) is 4.79 Å². The van der Waals surface area contributed by atoms with Gasteiger partial charge in [-0.05, 0) is 26.3 Å². The van der Waals surface area contributed by atoms with E-state index < -0.39 is 5.54 Å². The Morgan fingerprint density at radius 1 is 1.72 bits per heavy atom. The third-order valence-corrected chi connectivity index (χ3v) is 4.16. The highest BCUT2D eigenvalue weighted by atomic mass is 32.2. The summed E-state index contributed by atoms with van der Waals surface area (Å²) in [5, 5.41) is 19.5. The Morgan fingerprint density at radius 3 is 3.00 bits per heavy atom. The van der Waals surface area contributed by atoms with E-state index in [1.54, 1.807) is 4.57 Å². The van der Waals surface area contributed by atoms with Crippen molar-refractivity contribution < 1.29 is 0 Å². The maximum absolute atomic E-state index is 11.6. The quantitative estimate of drug-likeness (QED) is 0.747. The van der Waals surface area contributed by atoms with Crippen LogP contribution in [0.4, 0.5) is 0 Å². The summed E-state index contributed by atoms with van der Waals surface area (Å²) in [7, 11) is 0. The average Bonchev–Trinajstić information content (AvgIpc) is 3.12. The zero-order valence-electron chi connectivity index (χ0n) is 10.6. The molecule has 1 fully saturated rings. The van der Waals surface area contributed by atoms with Crippen molar-refractivity contribution in [1.82, 2.24) is 20.1 Å². The topological polar surface area (TPSA) is 86.5 Å². The molecule has 1 saturated carbocycles. The van der Waals surface area contributed by atoms with Crippen LogP contribution in [-0.4, -0.2) is 32.6 Å². The van der Waals surface area contributed by atoms with Gasteiger partial charge in [-0.15, -0.1) is 5.10 Å². The van der Waals surface area contributed by atoms with E-state index in [0.29, 0.717) is 17.0 Å². The molecule has 0 spiro atoms. The number of nitrogens with one attached hydrogen (secondary N) is 2. The lowest BCUT2D eigenvalue weighted by atomic mass is 10.1. The summed E-state index contributed by atoms with van der Waals surface area (Å²) in [6, 6.07) is 2.56. The molecule has 0 saturated heterocycles. The second kappa shape index (κ2) is 5.16. The van der Waals surface area contributed by atoms with Crippen molar-refractivity contribution in [3.63, 3.8) is 0 Å². The normalized spacial score (nSPS) is 18.3. The summed E-state index contributed by atoms with van der Waals surface area (Å²) in [6.45, 7) is 4.56. The van der Waals surface area contributed by atoms with Crippen molar-refractivity contribution in [2.24, 2.45) is 0 Å². The fraction of sp³-hybridized carbons (Fsp3) is 0.727. The minimum absolute atomic E-state index is 0.151. The van der Waals surface area contributed by atoms with Crippen LogP contribution in [0.1, 0.15) is 32.7 Å². The molecule has 1 aliphatic rings. The Hall–Kier alpha value is -1.26. The number of H-pyrrole nitrogens is 1. The van der Waals surface area contributed by atoms with E-state index in [1.165, 1.54) is 11.8 Å². The minimum Gasteiger partial charge on any atom is -0.299 e. The van der Waals surface area contributed by atoms with E-state index >= 15 is 0 Å². The average molecular weight is 267 g/mol. The number of rotatable bonds is 6. The molecule has 2 rings (SSSR count). The number of aromatic nitrogens is 3. The molecule has 1 heterocycles. The molecule has 0 radical (unpaired) electrons. The Kier molecular flexibility index (Phi) is 3.78. The van der Waals surface area contributed by atoms with Gasteiger partial charge in [-0.25, -0.2) is 9.89 Å². The molecule has 98 valence electrons. The van der Waals surface area contributed by atoms with Crippen molar-refractivity contribution >= 4 is 11.8 Å². The highest BCUT2D eigenvalue weighted by Gasteiger charge is 2.30. The summed E-state index contributed by atoms with van der Waals surface area (Å²) in [5.41, 5.74) is -0.745. The predicted octanol–water partition coefficient (Wildman–Crippen LogP) is 0.890. The van der Waals surface area contributed by atoms with Crippen LogP contribution in [-0.2, 0) is 0 Å². The molecule has 18 heavy (non-hydrogen) atoms. The third kappa shape index (κ3) is 2.76. The second-order valence-corrected chi connectivity index (χ2v) is 5.62. The Balaban J connectivity index is 2.06. The molecule has 0 aliphatic heterocycles. The van der Waals surface area contributed by atoms with E-state index in [2.05, 4.69) is 21.6 Å². The highest BCUT2D eigenvalue weighted by molar-refractivity contribution is 7.99. The van der Waals surface area contributed by atoms with Gasteiger partial charge >= 0.3 is 5.69 Å². The van der Waals surface area contributed by atoms with Crippen LogP contribution in [0.5, 0.6) is 0 Å². The first-order chi connectivity index (χ1) is 8.59. The van der Waals surface area contributed by atoms with Crippen molar-refractivity contribution in [3.05, 3.63) is 10.5 Å². The molecule has 1 aromatic rings. The van der Waals surface area contributed by atoms with Crippen molar-refractivity contribution in [2.75, 3.05) is 12.3 Å². The highest BCUT2D eigenvalue weighted by Crippen LogP contribution is 2.36. The maximum atomic E-state index is 11.6. The van der Waals surface area contributed by atoms with Crippen LogP contribution < -0.4 is 11.0 Å². The van der Waals surface area contributed by atoms with Gasteiger partial charge in [-0.3, -0.25) is 9.88 Å². The molecule has 0 amide bonds. The van der Waals surface area contributed by atoms with Crippen molar-refractivity contribution in [1.29, 1.82) is 5.26 Å². The molecular weight excluding hydrogens is 250 g/mol. The van der Waals surface area contributed by atoms with Crippen LogP contribution in [0.15, 0.2) is 9.95 Å². The molecule has 6 nitrogen and oxygen atoms in total. The lowest BCUT2D eigenvalue weighted by molar-refractivity contribution is 0.510. The van der Waals surface area contributed by atoms with Crippen molar-refractivity contribution in [2.45, 2.75) is 43.4 Å². The Morgan fingerprint density at radius 2 is 2.44 bits per heavy atom. The maximum Gasteiger partial charge on any atom is 0.344 e. The molecule has 1 atom stereocenters. The standard InChI is InChI=1S/C11H17N5OS/c1-3-13-11(2,6-12)7-18-10-15-14-9(17)16(10)8-4-5-8/h8,13H,3-5,7H2,1-2H3,(H,14,17). The molecule has 0 bridgehead atoms. The van der Waals surface area contributed by atoms with Gasteiger partial charge in [0.2, 0.25) is 0 Å². The zero-order chi connectivity index (χ0) is 13.2. The van der Waals surface area contributed by atoms with Gasteiger partial charge in [0.05, 0.1) is 6.07 Å². The second-order valence-electron chi connectivity index (χ2n) is 4.68. The first-order valence-electron chi connectivity index (χ1n) is 6.05. The van der Waals surface area contributed by atoms with E-state index in [1.807, 2.05) is 13.8 Å². The first kappa shape index (κ1) is 13.2. The van der Waals surface area contributed by atoms with Gasteiger partial charge in [-0.2, -0.15) is 5.26 Å². The minimum atomic E-state index is -0.594. The van der Waals surface area contributed by atoms with Crippen LogP contribution in [0, 0.1) is 11.3 Å². The number of thioether (sulfide) groups is 1. The van der Waals surface area contributed by atoms with E-state index in [-0.39, 0.29) is 5.69 Å². The number of aromatic amines is 1. The summed E-state index contributed by atoms with van der Waals surface area (Å²) >= 11 is 1.44. The smallest absolute Gasteiger partial charge is 0.299 e. The molecule has 0 aromatic carbocycles. The fourth-order valence-electron chi connectivity index (χ4n) is 1.77. The molecular formula is C11H17N5OS. The number of hydrogen-bond acceptors (Lipinski definition) is 5. The summed E-state index contributed by atoms with van der Waals surface area (Å²) in [5.74, 6) is 0.564. The molecule has 1 aromatic heterocycles. The number of nitriles is 1. The molecule has 2 N–H and O–H groups in total. The lowest BCUT2D eigenvalue weighted by Gasteiger charge is -2.21. The van der Waals surface area contributed by atoms with Gasteiger partial charge in [0.25, 0.3) is 0 Å². The molecule has 1 aliphatic carbocycles. The summed E-state index contributed by atoms with van der Waals surface area (Å²) in [4.78, 5) is 11.6. The van der Waals surface area contributed by atoms with Crippen molar-refractivity contribution in [3.8, 4) is 6.07 Å². The Labute approximate surface area is 110 Å². The predicted molar refractivity (Wildman–Crippen MR) is 69.5 cm³/mol. The van der Waals surface area contributed by atoms with Gasteiger partial charge in [0, 0.05) is 11.8 Å². The lowest BCUT2D eigenvalue weighted by Crippen LogP contribution is -2.43. The monoisotopic (exact) mass is 267 g/mol. The SMILES string of the molecule is CCNC(C)(C#N)CSc1n[nH]c(=O)n1C1CC1. The van der Waals surface area contributed by atoms with E-state index in [4.69, 9.17) is 5.26 Å². The Bertz CT molecular complexity index is 512. The molecule has 7 heteroatoms. The fourth-order valence-corrected chi connectivity index (χ4v) is 2.83. The van der Waals surface area contributed by atoms with Gasteiger partial charge in [0.1, 0.15) is 5.54 Å². The molecule has 1 unspecified atom stereocenters. The number of nitrogens with zero attached hydrogens (tertiary/aromatic N) is 3. The van der Waals surface area contributed by atoms with Crippen LogP contribution in [0.25, 0.3) is 0 Å². The van der Waals surface area contributed by atoms with Gasteiger partial charge < -0.3 is 0 Å². The largest absolute Gasteiger partial charge is 0.344 e. The van der Waals surface area contributed by atoms with Gasteiger partial charge in [-0.1, -0.05) is 18.7 Å². The zero-order valence-corrected chi connectivity index (χ0v) is 11.4. The summed E-state index contributed by atoms with van der Waals surface area (Å²) < 4.78 is 1.70. The third-order valence-electron chi connectivity index (χ3n) is 2.89. The van der Waals surface area contributed by atoms with Crippen LogP contribution in [0.3, 0.4) is 0 Å². The summed E-state index contributed by atoms with van der Waals surface area (Å²) in [6.07, 6.45) is 2.07. The first-order valence-corrected chi connectivity index (χ1v) is 7.04. The van der Waals surface area contributed by atoms with Crippen LogP contribution in [0.2, 0.25) is 0 Å². The van der Waals surface area contributed by atoms with Gasteiger partial charge in [0.15, 0.2) is 5.16 Å².